The van der Waals surface area contributed by atoms with Crippen molar-refractivity contribution < 1.29 is 14.4 Å². The summed E-state index contributed by atoms with van der Waals surface area (Å²) in [5.41, 5.74) is 1.29. The fourth-order valence-electron chi connectivity index (χ4n) is 2.73. The van der Waals surface area contributed by atoms with Gasteiger partial charge in [0.2, 0.25) is 0 Å². The van der Waals surface area contributed by atoms with Crippen LogP contribution in [-0.2, 0) is 9.59 Å². The Kier molecular flexibility index (Phi) is 3.66. The third kappa shape index (κ3) is 2.47. The van der Waals surface area contributed by atoms with Crippen LogP contribution in [0.5, 0.6) is 0 Å². The van der Waals surface area contributed by atoms with Crippen molar-refractivity contribution in [3.8, 4) is 0 Å². The number of anilines is 1. The molecule has 1 aromatic rings. The number of hydrogen-bond acceptors (Lipinski definition) is 4. The van der Waals surface area contributed by atoms with E-state index in [0.717, 1.165) is 36.4 Å². The van der Waals surface area contributed by atoms with E-state index in [1.807, 2.05) is 24.0 Å². The summed E-state index contributed by atoms with van der Waals surface area (Å²) in [4.78, 5) is 39.7. The molecule has 0 atom stereocenters. The molecule has 0 aromatic heterocycles. The molecule has 2 aliphatic rings. The summed E-state index contributed by atoms with van der Waals surface area (Å²) in [6.07, 6.45) is 3.66. The average molecular weight is 299 g/mol. The molecule has 6 heteroatoms. The minimum absolute atomic E-state index is 0.00440. The van der Waals surface area contributed by atoms with Crippen LogP contribution < -0.4 is 10.2 Å². The Morgan fingerprint density at radius 2 is 1.77 bits per heavy atom. The van der Waals surface area contributed by atoms with E-state index in [4.69, 9.17) is 0 Å². The SMILES string of the molecule is Cc1ccccc1N1C(=O)NC(=O)C(=CN2CCCC2)C1=O. The fourth-order valence-corrected chi connectivity index (χ4v) is 2.73. The van der Waals surface area contributed by atoms with E-state index in [1.165, 1.54) is 0 Å². The van der Waals surface area contributed by atoms with Gasteiger partial charge in [0, 0.05) is 19.3 Å². The quantitative estimate of drug-likeness (QED) is 0.664. The summed E-state index contributed by atoms with van der Waals surface area (Å²) in [5.74, 6) is -1.21. The highest BCUT2D eigenvalue weighted by molar-refractivity contribution is 6.37. The molecular formula is C16H17N3O3. The molecule has 3 rings (SSSR count). The average Bonchev–Trinajstić information content (AvgIpc) is 2.98. The van der Waals surface area contributed by atoms with E-state index >= 15 is 0 Å². The van der Waals surface area contributed by atoms with Crippen LogP contribution in [0.15, 0.2) is 36.0 Å². The molecule has 1 aromatic carbocycles. The number of nitrogens with zero attached hydrogens (tertiary/aromatic N) is 2. The highest BCUT2D eigenvalue weighted by Crippen LogP contribution is 2.24. The van der Waals surface area contributed by atoms with E-state index in [9.17, 15) is 14.4 Å². The Hall–Kier alpha value is -2.63. The van der Waals surface area contributed by atoms with Crippen LogP contribution >= 0.6 is 0 Å². The number of nitrogens with one attached hydrogen (secondary N) is 1. The molecule has 2 aliphatic heterocycles. The number of carbonyl (C=O) groups is 3. The van der Waals surface area contributed by atoms with Gasteiger partial charge in [-0.25, -0.2) is 9.69 Å². The molecule has 2 saturated heterocycles. The summed E-state index contributed by atoms with van der Waals surface area (Å²) in [6.45, 7) is 3.46. The normalized spacial score (nSPS) is 20.8. The number of likely N-dealkylation sites (tertiary alicyclic amines) is 1. The second-order valence-electron chi connectivity index (χ2n) is 5.47. The summed E-state index contributed by atoms with van der Waals surface area (Å²) in [6, 6.07) is 6.38. The Labute approximate surface area is 128 Å². The van der Waals surface area contributed by atoms with Gasteiger partial charge in [-0.15, -0.1) is 0 Å². The minimum atomic E-state index is -0.706. The minimum Gasteiger partial charge on any atom is -0.377 e. The molecule has 22 heavy (non-hydrogen) atoms. The molecule has 0 aliphatic carbocycles. The van der Waals surface area contributed by atoms with Crippen LogP contribution in [0.1, 0.15) is 18.4 Å². The van der Waals surface area contributed by atoms with Gasteiger partial charge in [0.05, 0.1) is 5.69 Å². The van der Waals surface area contributed by atoms with Gasteiger partial charge in [-0.3, -0.25) is 14.9 Å². The maximum Gasteiger partial charge on any atom is 0.335 e. The first-order chi connectivity index (χ1) is 10.6. The van der Waals surface area contributed by atoms with Gasteiger partial charge in [0.15, 0.2) is 0 Å². The van der Waals surface area contributed by atoms with Crippen molar-refractivity contribution in [3.63, 3.8) is 0 Å². The lowest BCUT2D eigenvalue weighted by molar-refractivity contribution is -0.122. The van der Waals surface area contributed by atoms with Crippen molar-refractivity contribution in [3.05, 3.63) is 41.6 Å². The molecule has 0 unspecified atom stereocenters. The molecule has 2 fully saturated rings. The van der Waals surface area contributed by atoms with Crippen molar-refractivity contribution in [2.45, 2.75) is 19.8 Å². The summed E-state index contributed by atoms with van der Waals surface area (Å²) in [5, 5.41) is 2.24. The summed E-state index contributed by atoms with van der Waals surface area (Å²) < 4.78 is 0. The van der Waals surface area contributed by atoms with E-state index in [2.05, 4.69) is 5.32 Å². The molecule has 0 bridgehead atoms. The Morgan fingerprint density at radius 1 is 1.09 bits per heavy atom. The van der Waals surface area contributed by atoms with E-state index in [0.29, 0.717) is 5.69 Å². The number of rotatable bonds is 2. The zero-order valence-electron chi connectivity index (χ0n) is 12.3. The molecule has 114 valence electrons. The molecule has 2 heterocycles. The molecule has 6 nitrogen and oxygen atoms in total. The second kappa shape index (κ2) is 5.63. The van der Waals surface area contributed by atoms with Gasteiger partial charge < -0.3 is 4.90 Å². The van der Waals surface area contributed by atoms with Crippen LogP contribution in [-0.4, -0.2) is 35.8 Å². The van der Waals surface area contributed by atoms with Crippen molar-refractivity contribution in [2.24, 2.45) is 0 Å². The lowest BCUT2D eigenvalue weighted by Crippen LogP contribution is -2.55. The molecule has 4 amide bonds. The topological polar surface area (TPSA) is 69.7 Å². The number of benzene rings is 1. The van der Waals surface area contributed by atoms with E-state index in [-0.39, 0.29) is 5.57 Å². The number of barbiturate groups is 1. The van der Waals surface area contributed by atoms with E-state index in [1.54, 1.807) is 18.3 Å². The summed E-state index contributed by atoms with van der Waals surface area (Å²) in [7, 11) is 0. The van der Waals surface area contributed by atoms with Crippen LogP contribution in [0.2, 0.25) is 0 Å². The second-order valence-corrected chi connectivity index (χ2v) is 5.47. The smallest absolute Gasteiger partial charge is 0.335 e. The van der Waals surface area contributed by atoms with Crippen molar-refractivity contribution >= 4 is 23.5 Å². The van der Waals surface area contributed by atoms with Gasteiger partial charge in [0.1, 0.15) is 5.57 Å². The third-order valence-corrected chi connectivity index (χ3v) is 3.91. The number of hydrogen-bond donors (Lipinski definition) is 1. The third-order valence-electron chi connectivity index (χ3n) is 3.91. The fraction of sp³-hybridized carbons (Fsp3) is 0.312. The molecular weight excluding hydrogens is 282 g/mol. The molecule has 0 saturated carbocycles. The lowest BCUT2D eigenvalue weighted by atomic mass is 10.1. The van der Waals surface area contributed by atoms with Crippen molar-refractivity contribution in [1.29, 1.82) is 0 Å². The van der Waals surface area contributed by atoms with Crippen LogP contribution in [0.3, 0.4) is 0 Å². The van der Waals surface area contributed by atoms with Gasteiger partial charge in [-0.1, -0.05) is 18.2 Å². The van der Waals surface area contributed by atoms with Crippen LogP contribution in [0, 0.1) is 6.92 Å². The number of imide groups is 2. The Bertz CT molecular complexity index is 675. The van der Waals surface area contributed by atoms with E-state index < -0.39 is 17.8 Å². The lowest BCUT2D eigenvalue weighted by Gasteiger charge is -2.28. The predicted molar refractivity (Wildman–Crippen MR) is 81.1 cm³/mol. The van der Waals surface area contributed by atoms with Gasteiger partial charge >= 0.3 is 6.03 Å². The maximum absolute atomic E-state index is 12.6. The van der Waals surface area contributed by atoms with Crippen molar-refractivity contribution in [1.82, 2.24) is 10.2 Å². The maximum atomic E-state index is 12.6. The highest BCUT2D eigenvalue weighted by Gasteiger charge is 2.37. The number of aryl methyl sites for hydroxylation is 1. The Morgan fingerprint density at radius 3 is 2.45 bits per heavy atom. The highest BCUT2D eigenvalue weighted by atomic mass is 16.2. The number of amides is 4. The van der Waals surface area contributed by atoms with Crippen molar-refractivity contribution in [2.75, 3.05) is 18.0 Å². The zero-order valence-corrected chi connectivity index (χ0v) is 12.3. The predicted octanol–water partition coefficient (Wildman–Crippen LogP) is 1.56. The number of urea groups is 1. The largest absolute Gasteiger partial charge is 0.377 e. The number of carbonyl (C=O) groups excluding carboxylic acids is 3. The van der Waals surface area contributed by atoms with Gasteiger partial charge in [-0.2, -0.15) is 0 Å². The summed E-state index contributed by atoms with van der Waals surface area (Å²) >= 11 is 0. The Balaban J connectivity index is 1.97. The first kappa shape index (κ1) is 14.3. The zero-order chi connectivity index (χ0) is 15.7. The molecule has 0 radical (unpaired) electrons. The van der Waals surface area contributed by atoms with Crippen LogP contribution in [0.25, 0.3) is 0 Å². The van der Waals surface area contributed by atoms with Crippen LogP contribution in [0.4, 0.5) is 10.5 Å². The van der Waals surface area contributed by atoms with Gasteiger partial charge in [-0.05, 0) is 31.4 Å². The molecule has 0 spiro atoms. The first-order valence-electron chi connectivity index (χ1n) is 7.29. The number of para-hydroxylation sites is 1. The van der Waals surface area contributed by atoms with Gasteiger partial charge in [0.25, 0.3) is 11.8 Å². The standard InChI is InChI=1S/C16H17N3O3/c1-11-6-2-3-7-13(11)19-15(21)12(14(20)17-16(19)22)10-18-8-4-5-9-18/h2-3,6-7,10H,4-5,8-9H2,1H3,(H,17,20,22). The molecule has 1 N–H and O–H groups in total. The monoisotopic (exact) mass is 299 g/mol. The first-order valence-corrected chi connectivity index (χ1v) is 7.29.